The van der Waals surface area contributed by atoms with E-state index in [1.54, 1.807) is 0 Å². The molecule has 2 rings (SSSR count). The number of hydrogen-bond donors (Lipinski definition) is 0. The lowest BCUT2D eigenvalue weighted by Gasteiger charge is -2.09. The maximum Gasteiger partial charge on any atom is 0.136 e. The third kappa shape index (κ3) is 3.37. The van der Waals surface area contributed by atoms with E-state index >= 15 is 0 Å². The van der Waals surface area contributed by atoms with Crippen LogP contribution < -0.4 is 0 Å². The molecule has 0 saturated heterocycles. The predicted octanol–water partition coefficient (Wildman–Crippen LogP) is 5.63. The van der Waals surface area contributed by atoms with Crippen molar-refractivity contribution >= 4 is 44.5 Å². The Kier molecular flexibility index (Phi) is 4.64. The maximum absolute atomic E-state index is 6.29. The van der Waals surface area contributed by atoms with Crippen LogP contribution in [0.4, 0.5) is 0 Å². The summed E-state index contributed by atoms with van der Waals surface area (Å²) in [5.41, 5.74) is 4.45. The van der Waals surface area contributed by atoms with Crippen molar-refractivity contribution in [1.82, 2.24) is 4.98 Å². The Hall–Kier alpha value is -0.860. The highest BCUT2D eigenvalue weighted by Gasteiger charge is 2.07. The fourth-order valence-electron chi connectivity index (χ4n) is 1.93. The number of nitrogens with zero attached hydrogens (tertiary/aromatic N) is 1. The molecule has 0 aliphatic rings. The minimum absolute atomic E-state index is 0.490. The zero-order chi connectivity index (χ0) is 14.0. The number of fused-ring (bicyclic) bond motifs is 1. The van der Waals surface area contributed by atoms with E-state index in [4.69, 9.17) is 11.6 Å². The molecule has 19 heavy (non-hydrogen) atoms. The normalized spacial score (nSPS) is 12.4. The number of hydrogen-bond acceptors (Lipinski definition) is 1. The first-order valence-electron chi connectivity index (χ1n) is 6.34. The molecule has 0 atom stereocenters. The first-order valence-corrected chi connectivity index (χ1v) is 7.84. The van der Waals surface area contributed by atoms with Crippen LogP contribution in [0.1, 0.15) is 25.0 Å². The first-order chi connectivity index (χ1) is 9.01. The van der Waals surface area contributed by atoms with Gasteiger partial charge in [0, 0.05) is 16.3 Å². The fourth-order valence-corrected chi connectivity index (χ4v) is 2.94. The molecule has 0 saturated carbocycles. The first kappa shape index (κ1) is 14.5. The van der Waals surface area contributed by atoms with Crippen molar-refractivity contribution in [3.8, 4) is 0 Å². The van der Waals surface area contributed by atoms with Gasteiger partial charge >= 0.3 is 0 Å². The standard InChI is InChI=1S/C16H17BrClN/c1-10(2)14(9-17)8-13-7-12-5-4-11(3)6-15(12)19-16(13)18/h4-8,10H,9H2,1-3H3. The Morgan fingerprint density at radius 2 is 2.11 bits per heavy atom. The SMILES string of the molecule is Cc1ccc2cc(C=C(CBr)C(C)C)c(Cl)nc2c1. The summed E-state index contributed by atoms with van der Waals surface area (Å²) in [6.45, 7) is 6.42. The van der Waals surface area contributed by atoms with E-state index in [0.29, 0.717) is 11.1 Å². The molecule has 0 aliphatic heterocycles. The van der Waals surface area contributed by atoms with Crippen molar-refractivity contribution in [1.29, 1.82) is 0 Å². The van der Waals surface area contributed by atoms with Crippen LogP contribution in [0.3, 0.4) is 0 Å². The van der Waals surface area contributed by atoms with Gasteiger partial charge in [0.25, 0.3) is 0 Å². The van der Waals surface area contributed by atoms with E-state index in [-0.39, 0.29) is 0 Å². The molecular formula is C16H17BrClN. The van der Waals surface area contributed by atoms with Gasteiger partial charge in [0.05, 0.1) is 5.52 Å². The molecule has 100 valence electrons. The molecule has 0 bridgehead atoms. The van der Waals surface area contributed by atoms with E-state index in [1.165, 1.54) is 11.1 Å². The monoisotopic (exact) mass is 337 g/mol. The summed E-state index contributed by atoms with van der Waals surface area (Å²) in [5.74, 6) is 0.490. The highest BCUT2D eigenvalue weighted by Crippen LogP contribution is 2.25. The van der Waals surface area contributed by atoms with Gasteiger partial charge in [-0.2, -0.15) is 0 Å². The molecule has 0 spiro atoms. The van der Waals surface area contributed by atoms with Gasteiger partial charge < -0.3 is 0 Å². The second kappa shape index (κ2) is 6.06. The van der Waals surface area contributed by atoms with E-state index in [9.17, 15) is 0 Å². The van der Waals surface area contributed by atoms with Gasteiger partial charge in [0.2, 0.25) is 0 Å². The lowest BCUT2D eigenvalue weighted by atomic mass is 10.0. The summed E-state index contributed by atoms with van der Waals surface area (Å²) in [5, 5.41) is 2.54. The summed E-state index contributed by atoms with van der Waals surface area (Å²) < 4.78 is 0. The van der Waals surface area contributed by atoms with Crippen molar-refractivity contribution in [3.63, 3.8) is 0 Å². The Balaban J connectivity index is 2.55. The second-order valence-electron chi connectivity index (χ2n) is 5.07. The molecule has 1 heterocycles. The third-order valence-corrected chi connectivity index (χ3v) is 4.14. The minimum Gasteiger partial charge on any atom is -0.235 e. The van der Waals surface area contributed by atoms with Gasteiger partial charge in [-0.05, 0) is 30.5 Å². The summed E-state index contributed by atoms with van der Waals surface area (Å²) >= 11 is 9.82. The Morgan fingerprint density at radius 1 is 1.37 bits per heavy atom. The van der Waals surface area contributed by atoms with Crippen LogP contribution >= 0.6 is 27.5 Å². The molecule has 0 fully saturated rings. The molecule has 1 nitrogen and oxygen atoms in total. The lowest BCUT2D eigenvalue weighted by Crippen LogP contribution is -1.96. The van der Waals surface area contributed by atoms with Crippen molar-refractivity contribution in [3.05, 3.63) is 46.1 Å². The van der Waals surface area contributed by atoms with Crippen LogP contribution in [0, 0.1) is 12.8 Å². The van der Waals surface area contributed by atoms with Gasteiger partial charge in [-0.1, -0.05) is 65.2 Å². The van der Waals surface area contributed by atoms with Gasteiger partial charge in [-0.3, -0.25) is 0 Å². The number of allylic oxidation sites excluding steroid dienone is 1. The quantitative estimate of drug-likeness (QED) is 0.522. The molecule has 0 unspecified atom stereocenters. The number of aryl methyl sites for hydroxylation is 1. The molecule has 1 aromatic heterocycles. The van der Waals surface area contributed by atoms with Gasteiger partial charge in [0.15, 0.2) is 0 Å². The number of aromatic nitrogens is 1. The molecule has 0 radical (unpaired) electrons. The predicted molar refractivity (Wildman–Crippen MR) is 88.1 cm³/mol. The summed E-state index contributed by atoms with van der Waals surface area (Å²) in [4.78, 5) is 4.49. The van der Waals surface area contributed by atoms with Crippen LogP contribution in [0.2, 0.25) is 5.15 Å². The third-order valence-electron chi connectivity index (χ3n) is 3.19. The lowest BCUT2D eigenvalue weighted by molar-refractivity contribution is 0.781. The molecule has 0 aliphatic carbocycles. The molecule has 0 amide bonds. The van der Waals surface area contributed by atoms with E-state index < -0.39 is 0 Å². The van der Waals surface area contributed by atoms with Crippen LogP contribution in [0.15, 0.2) is 29.8 Å². The number of benzene rings is 1. The second-order valence-corrected chi connectivity index (χ2v) is 5.99. The number of rotatable bonds is 3. The van der Waals surface area contributed by atoms with Crippen LogP contribution in [0.25, 0.3) is 17.0 Å². The fraction of sp³-hybridized carbons (Fsp3) is 0.312. The average Bonchev–Trinajstić information content (AvgIpc) is 2.35. The minimum atomic E-state index is 0.490. The zero-order valence-electron chi connectivity index (χ0n) is 11.4. The smallest absolute Gasteiger partial charge is 0.136 e. The van der Waals surface area contributed by atoms with Gasteiger partial charge in [-0.25, -0.2) is 4.98 Å². The van der Waals surface area contributed by atoms with Crippen LogP contribution in [-0.4, -0.2) is 10.3 Å². The van der Waals surface area contributed by atoms with E-state index in [2.05, 4.69) is 72.0 Å². The van der Waals surface area contributed by atoms with E-state index in [1.807, 2.05) is 0 Å². The summed E-state index contributed by atoms with van der Waals surface area (Å²) in [6, 6.07) is 8.35. The molecule has 2 aromatic rings. The topological polar surface area (TPSA) is 12.9 Å². The maximum atomic E-state index is 6.29. The van der Waals surface area contributed by atoms with Gasteiger partial charge in [-0.15, -0.1) is 0 Å². The largest absolute Gasteiger partial charge is 0.235 e. The summed E-state index contributed by atoms with van der Waals surface area (Å²) in [7, 11) is 0. The van der Waals surface area contributed by atoms with Crippen molar-refractivity contribution in [2.24, 2.45) is 5.92 Å². The summed E-state index contributed by atoms with van der Waals surface area (Å²) in [6.07, 6.45) is 2.13. The van der Waals surface area contributed by atoms with E-state index in [0.717, 1.165) is 21.8 Å². The Bertz CT molecular complexity index is 632. The number of alkyl halides is 1. The Labute approximate surface area is 127 Å². The zero-order valence-corrected chi connectivity index (χ0v) is 13.7. The highest BCUT2D eigenvalue weighted by atomic mass is 79.9. The van der Waals surface area contributed by atoms with Crippen LogP contribution in [-0.2, 0) is 0 Å². The molecular weight excluding hydrogens is 322 g/mol. The number of pyridine rings is 1. The van der Waals surface area contributed by atoms with Crippen LogP contribution in [0.5, 0.6) is 0 Å². The molecule has 3 heteroatoms. The average molecular weight is 339 g/mol. The van der Waals surface area contributed by atoms with Crippen molar-refractivity contribution in [2.75, 3.05) is 5.33 Å². The number of halogens is 2. The molecule has 0 N–H and O–H groups in total. The Morgan fingerprint density at radius 3 is 2.74 bits per heavy atom. The van der Waals surface area contributed by atoms with Crippen molar-refractivity contribution in [2.45, 2.75) is 20.8 Å². The molecule has 1 aromatic carbocycles. The van der Waals surface area contributed by atoms with Gasteiger partial charge in [0.1, 0.15) is 5.15 Å². The highest BCUT2D eigenvalue weighted by molar-refractivity contribution is 9.09. The van der Waals surface area contributed by atoms with Crippen molar-refractivity contribution < 1.29 is 0 Å².